The highest BCUT2D eigenvalue weighted by Crippen LogP contribution is 2.29. The van der Waals surface area contributed by atoms with Crippen LogP contribution in [-0.2, 0) is 11.0 Å². The molecule has 2 N–H and O–H groups in total. The second-order valence-corrected chi connectivity index (χ2v) is 4.92. The smallest absolute Gasteiger partial charge is 0.325 e. The summed E-state index contributed by atoms with van der Waals surface area (Å²) in [7, 11) is 0. The fourth-order valence-electron chi connectivity index (χ4n) is 2.22. The Kier molecular flexibility index (Phi) is 4.65. The maximum atomic E-state index is 12.4. The van der Waals surface area contributed by atoms with Crippen LogP contribution < -0.4 is 10.6 Å². The van der Waals surface area contributed by atoms with Crippen LogP contribution >= 0.6 is 0 Å². The van der Waals surface area contributed by atoms with Gasteiger partial charge in [-0.05, 0) is 43.7 Å². The van der Waals surface area contributed by atoms with E-state index in [4.69, 9.17) is 0 Å². The molecular weight excluding hydrogens is 269 g/mol. The Morgan fingerprint density at radius 1 is 1.15 bits per heavy atom. The number of carbonyl (C=O) groups is 1. The Hall–Kier alpha value is -1.56. The van der Waals surface area contributed by atoms with Crippen LogP contribution in [0.25, 0.3) is 0 Å². The van der Waals surface area contributed by atoms with Crippen LogP contribution in [0.3, 0.4) is 0 Å². The zero-order valence-corrected chi connectivity index (χ0v) is 11.0. The maximum Gasteiger partial charge on any atom is 0.416 e. The third kappa shape index (κ3) is 3.96. The highest BCUT2D eigenvalue weighted by Gasteiger charge is 2.30. The monoisotopic (exact) mass is 286 g/mol. The lowest BCUT2D eigenvalue weighted by atomic mass is 10.1. The van der Waals surface area contributed by atoms with Crippen molar-refractivity contribution in [3.63, 3.8) is 0 Å². The van der Waals surface area contributed by atoms with Gasteiger partial charge in [-0.1, -0.05) is 12.8 Å². The minimum Gasteiger partial charge on any atom is -0.325 e. The molecule has 1 aromatic rings. The predicted molar refractivity (Wildman–Crippen MR) is 70.3 cm³/mol. The fourth-order valence-corrected chi connectivity index (χ4v) is 2.22. The highest BCUT2D eigenvalue weighted by atomic mass is 19.4. The van der Waals surface area contributed by atoms with Gasteiger partial charge in [-0.3, -0.25) is 4.79 Å². The van der Waals surface area contributed by atoms with Gasteiger partial charge in [0.25, 0.3) is 0 Å². The van der Waals surface area contributed by atoms with Crippen LogP contribution in [0.5, 0.6) is 0 Å². The fraction of sp³-hybridized carbons (Fsp3) is 0.500. The van der Waals surface area contributed by atoms with Gasteiger partial charge in [0.1, 0.15) is 0 Å². The number of anilines is 1. The van der Waals surface area contributed by atoms with E-state index in [1.807, 2.05) is 0 Å². The molecule has 0 saturated carbocycles. The summed E-state index contributed by atoms with van der Waals surface area (Å²) >= 11 is 0. The molecule has 1 amide bonds. The number of alkyl halides is 3. The van der Waals surface area contributed by atoms with Gasteiger partial charge in [-0.25, -0.2) is 0 Å². The van der Waals surface area contributed by atoms with Gasteiger partial charge in [0, 0.05) is 5.69 Å². The van der Waals surface area contributed by atoms with E-state index in [-0.39, 0.29) is 11.9 Å². The lowest BCUT2D eigenvalue weighted by molar-refractivity contribution is -0.137. The lowest BCUT2D eigenvalue weighted by Gasteiger charge is -2.16. The minimum absolute atomic E-state index is 0.188. The Morgan fingerprint density at radius 3 is 2.50 bits per heavy atom. The molecule has 2 rings (SSSR count). The van der Waals surface area contributed by atoms with E-state index in [1.54, 1.807) is 0 Å². The number of rotatable bonds is 2. The molecule has 110 valence electrons. The SMILES string of the molecule is O=C(Nc1ccc(C(F)(F)F)cc1)C1CCCCCN1. The van der Waals surface area contributed by atoms with E-state index in [1.165, 1.54) is 12.1 Å². The predicted octanol–water partition coefficient (Wildman–Crippen LogP) is 3.18. The molecule has 1 unspecified atom stereocenters. The minimum atomic E-state index is -4.36. The lowest BCUT2D eigenvalue weighted by Crippen LogP contribution is -2.39. The third-order valence-corrected chi connectivity index (χ3v) is 3.36. The molecule has 1 fully saturated rings. The topological polar surface area (TPSA) is 41.1 Å². The summed E-state index contributed by atoms with van der Waals surface area (Å²) < 4.78 is 37.3. The van der Waals surface area contributed by atoms with Crippen molar-refractivity contribution >= 4 is 11.6 Å². The van der Waals surface area contributed by atoms with Crippen LogP contribution in [0.2, 0.25) is 0 Å². The largest absolute Gasteiger partial charge is 0.416 e. The molecule has 1 aliphatic rings. The first-order chi connectivity index (χ1) is 9.47. The molecule has 0 bridgehead atoms. The molecule has 3 nitrogen and oxygen atoms in total. The molecular formula is C14H17F3N2O. The third-order valence-electron chi connectivity index (χ3n) is 3.36. The molecule has 20 heavy (non-hydrogen) atoms. The first-order valence-corrected chi connectivity index (χ1v) is 6.68. The molecule has 0 radical (unpaired) electrons. The van der Waals surface area contributed by atoms with Crippen molar-refractivity contribution in [2.45, 2.75) is 37.9 Å². The highest BCUT2D eigenvalue weighted by molar-refractivity contribution is 5.94. The van der Waals surface area contributed by atoms with Gasteiger partial charge in [-0.2, -0.15) is 13.2 Å². The molecule has 6 heteroatoms. The molecule has 1 heterocycles. The van der Waals surface area contributed by atoms with Crippen LogP contribution in [0.4, 0.5) is 18.9 Å². The summed E-state index contributed by atoms with van der Waals surface area (Å²) in [5.74, 6) is -0.188. The van der Waals surface area contributed by atoms with E-state index in [0.717, 1.165) is 44.4 Å². The number of amides is 1. The summed E-state index contributed by atoms with van der Waals surface area (Å²) in [5.41, 5.74) is -0.336. The standard InChI is InChI=1S/C14H17F3N2O/c15-14(16,17)10-5-7-11(8-6-10)19-13(20)12-4-2-1-3-9-18-12/h5-8,12,18H,1-4,9H2,(H,19,20). The molecule has 1 saturated heterocycles. The van der Waals surface area contributed by atoms with Gasteiger partial charge in [0.2, 0.25) is 5.91 Å². The van der Waals surface area contributed by atoms with Crippen LogP contribution in [0, 0.1) is 0 Å². The van der Waals surface area contributed by atoms with Gasteiger partial charge < -0.3 is 10.6 Å². The van der Waals surface area contributed by atoms with Crippen molar-refractivity contribution in [3.8, 4) is 0 Å². The molecule has 0 aliphatic carbocycles. The maximum absolute atomic E-state index is 12.4. The second kappa shape index (κ2) is 6.26. The summed E-state index contributed by atoms with van der Waals surface area (Å²) in [6, 6.07) is 4.22. The first-order valence-electron chi connectivity index (χ1n) is 6.68. The summed E-state index contributed by atoms with van der Waals surface area (Å²) in [4.78, 5) is 12.0. The van der Waals surface area contributed by atoms with Crippen molar-refractivity contribution in [3.05, 3.63) is 29.8 Å². The van der Waals surface area contributed by atoms with Crippen molar-refractivity contribution in [1.29, 1.82) is 0 Å². The van der Waals surface area contributed by atoms with Crippen molar-refractivity contribution in [1.82, 2.24) is 5.32 Å². The van der Waals surface area contributed by atoms with Crippen molar-refractivity contribution in [2.75, 3.05) is 11.9 Å². The van der Waals surface area contributed by atoms with E-state index in [0.29, 0.717) is 5.69 Å². The number of hydrogen-bond donors (Lipinski definition) is 2. The van der Waals surface area contributed by atoms with Gasteiger partial charge in [-0.15, -0.1) is 0 Å². The summed E-state index contributed by atoms with van der Waals surface area (Å²) in [5, 5.41) is 5.79. The Bertz CT molecular complexity index is 448. The molecule has 0 spiro atoms. The van der Waals surface area contributed by atoms with E-state index < -0.39 is 11.7 Å². The summed E-state index contributed by atoms with van der Waals surface area (Å²) in [6.45, 7) is 0.797. The normalized spacial score (nSPS) is 20.2. The number of hydrogen-bond acceptors (Lipinski definition) is 2. The van der Waals surface area contributed by atoms with E-state index in [2.05, 4.69) is 10.6 Å². The molecule has 0 aromatic heterocycles. The molecule has 1 aromatic carbocycles. The number of carbonyl (C=O) groups excluding carboxylic acids is 1. The number of benzene rings is 1. The molecule has 1 atom stereocenters. The van der Waals surface area contributed by atoms with Crippen molar-refractivity contribution < 1.29 is 18.0 Å². The number of halogens is 3. The average Bonchev–Trinajstić information content (AvgIpc) is 2.67. The quantitative estimate of drug-likeness (QED) is 0.876. The Morgan fingerprint density at radius 2 is 1.85 bits per heavy atom. The van der Waals surface area contributed by atoms with E-state index in [9.17, 15) is 18.0 Å². The Labute approximate surface area is 115 Å². The average molecular weight is 286 g/mol. The van der Waals surface area contributed by atoms with Crippen molar-refractivity contribution in [2.24, 2.45) is 0 Å². The van der Waals surface area contributed by atoms with Gasteiger partial charge in [0.15, 0.2) is 0 Å². The van der Waals surface area contributed by atoms with Crippen LogP contribution in [0.15, 0.2) is 24.3 Å². The van der Waals surface area contributed by atoms with E-state index >= 15 is 0 Å². The van der Waals surface area contributed by atoms with Gasteiger partial charge in [0.05, 0.1) is 11.6 Å². The zero-order valence-electron chi connectivity index (χ0n) is 11.0. The zero-order chi connectivity index (χ0) is 14.6. The first kappa shape index (κ1) is 14.8. The second-order valence-electron chi connectivity index (χ2n) is 4.92. The Balaban J connectivity index is 1.97. The van der Waals surface area contributed by atoms with Gasteiger partial charge >= 0.3 is 6.18 Å². The number of nitrogens with one attached hydrogen (secondary N) is 2. The van der Waals surface area contributed by atoms with Crippen LogP contribution in [0.1, 0.15) is 31.2 Å². The van der Waals surface area contributed by atoms with Crippen LogP contribution in [-0.4, -0.2) is 18.5 Å². The summed E-state index contributed by atoms with van der Waals surface area (Å²) in [6.07, 6.45) is -0.475. The molecule has 1 aliphatic heterocycles.